The number of carbonyl (C=O) groups excluding carboxylic acids is 3. The molecule has 3 rings (SSSR count). The fraction of sp³-hybridized carbons (Fsp3) is 0.393. The molecule has 0 aromatic heterocycles. The Morgan fingerprint density at radius 2 is 1.72 bits per heavy atom. The Morgan fingerprint density at radius 3 is 2.36 bits per heavy atom. The van der Waals surface area contributed by atoms with Crippen molar-refractivity contribution in [3.8, 4) is 0 Å². The van der Waals surface area contributed by atoms with E-state index in [1.165, 1.54) is 30.4 Å². The number of allylic oxidation sites excluding steroid dienone is 1. The van der Waals surface area contributed by atoms with E-state index in [4.69, 9.17) is 9.47 Å². The molecule has 1 heterocycles. The van der Waals surface area contributed by atoms with Gasteiger partial charge in [-0.2, -0.15) is 0 Å². The van der Waals surface area contributed by atoms with E-state index >= 15 is 0 Å². The highest BCUT2D eigenvalue weighted by Crippen LogP contribution is 2.31. The van der Waals surface area contributed by atoms with Crippen molar-refractivity contribution >= 4 is 23.6 Å². The highest BCUT2D eigenvalue weighted by atomic mass is 16.6. The Morgan fingerprint density at radius 1 is 1.03 bits per heavy atom. The van der Waals surface area contributed by atoms with E-state index in [9.17, 15) is 14.4 Å². The third kappa shape index (κ3) is 6.73. The molecule has 0 spiro atoms. The van der Waals surface area contributed by atoms with Crippen molar-refractivity contribution in [1.29, 1.82) is 0 Å². The molecule has 2 aromatic rings. The summed E-state index contributed by atoms with van der Waals surface area (Å²) in [6.07, 6.45) is 4.54. The van der Waals surface area contributed by atoms with Crippen LogP contribution in [0, 0.1) is 0 Å². The summed E-state index contributed by atoms with van der Waals surface area (Å²) in [5, 5.41) is 5.75. The molecule has 1 aliphatic rings. The van der Waals surface area contributed by atoms with Crippen LogP contribution < -0.4 is 10.6 Å². The molecule has 2 aromatic carbocycles. The minimum Gasteiger partial charge on any atom is -0.460 e. The lowest BCUT2D eigenvalue weighted by Crippen LogP contribution is -2.46. The zero-order valence-corrected chi connectivity index (χ0v) is 21.4. The van der Waals surface area contributed by atoms with Gasteiger partial charge in [-0.05, 0) is 55.2 Å². The van der Waals surface area contributed by atoms with E-state index < -0.39 is 12.0 Å². The van der Waals surface area contributed by atoms with Gasteiger partial charge in [-0.1, -0.05) is 44.0 Å². The Kier molecular flexibility index (Phi) is 9.64. The smallest absolute Gasteiger partial charge is 0.338 e. The monoisotopic (exact) mass is 493 g/mol. The zero-order chi connectivity index (χ0) is 26.1. The fourth-order valence-electron chi connectivity index (χ4n) is 4.01. The first-order valence-electron chi connectivity index (χ1n) is 12.3. The van der Waals surface area contributed by atoms with Gasteiger partial charge in [0.15, 0.2) is 0 Å². The number of unbranched alkanes of at least 4 members (excludes halogenated alkanes) is 2. The van der Waals surface area contributed by atoms with E-state index in [-0.39, 0.29) is 25.2 Å². The van der Waals surface area contributed by atoms with Gasteiger partial charge in [0.1, 0.15) is 6.61 Å². The molecule has 1 aliphatic heterocycles. The second-order valence-electron chi connectivity index (χ2n) is 8.80. The van der Waals surface area contributed by atoms with Gasteiger partial charge >= 0.3 is 12.0 Å². The number of esters is 1. The largest absolute Gasteiger partial charge is 0.460 e. The minimum atomic E-state index is -0.672. The van der Waals surface area contributed by atoms with Gasteiger partial charge in [0.05, 0.1) is 18.2 Å². The number of hydrogen-bond acceptors (Lipinski definition) is 5. The molecule has 0 fully saturated rings. The maximum absolute atomic E-state index is 12.8. The Bertz CT molecular complexity index is 1090. The molecule has 192 valence electrons. The summed E-state index contributed by atoms with van der Waals surface area (Å²) in [6.45, 7) is 4.28. The third-order valence-electron chi connectivity index (χ3n) is 6.28. The van der Waals surface area contributed by atoms with E-state index in [0.717, 1.165) is 12.8 Å². The lowest BCUT2D eigenvalue weighted by atomic mass is 9.95. The minimum absolute atomic E-state index is 0.112. The molecule has 0 bridgehead atoms. The predicted octanol–water partition coefficient (Wildman–Crippen LogP) is 4.83. The summed E-state index contributed by atoms with van der Waals surface area (Å²) in [4.78, 5) is 39.3. The number of carbonyl (C=O) groups is 3. The van der Waals surface area contributed by atoms with Gasteiger partial charge in [-0.25, -0.2) is 9.59 Å². The predicted molar refractivity (Wildman–Crippen MR) is 139 cm³/mol. The average Bonchev–Trinajstić information content (AvgIpc) is 2.88. The molecule has 1 atom stereocenters. The second kappa shape index (κ2) is 12.9. The van der Waals surface area contributed by atoms with Crippen LogP contribution in [0.25, 0.3) is 0 Å². The van der Waals surface area contributed by atoms with Crippen molar-refractivity contribution in [1.82, 2.24) is 10.2 Å². The number of amides is 3. The van der Waals surface area contributed by atoms with Gasteiger partial charge in [0.25, 0.3) is 5.91 Å². The summed E-state index contributed by atoms with van der Waals surface area (Å²) in [6, 6.07) is 13.7. The number of benzene rings is 2. The van der Waals surface area contributed by atoms with Crippen LogP contribution in [0.4, 0.5) is 10.5 Å². The van der Waals surface area contributed by atoms with E-state index in [2.05, 4.69) is 17.6 Å². The summed E-state index contributed by atoms with van der Waals surface area (Å²) in [7, 11) is 3.12. The van der Waals surface area contributed by atoms with Gasteiger partial charge in [0.2, 0.25) is 0 Å². The van der Waals surface area contributed by atoms with Crippen LogP contribution in [0.5, 0.6) is 0 Å². The number of aryl methyl sites for hydroxylation is 1. The summed E-state index contributed by atoms with van der Waals surface area (Å²) in [5.41, 5.74) is 3.99. The number of urea groups is 1. The van der Waals surface area contributed by atoms with Gasteiger partial charge < -0.3 is 25.0 Å². The van der Waals surface area contributed by atoms with Crippen LogP contribution in [0.15, 0.2) is 59.8 Å². The van der Waals surface area contributed by atoms with Crippen LogP contribution in [0.2, 0.25) is 0 Å². The van der Waals surface area contributed by atoms with Crippen molar-refractivity contribution < 1.29 is 23.9 Å². The van der Waals surface area contributed by atoms with Crippen molar-refractivity contribution in [3.63, 3.8) is 0 Å². The van der Waals surface area contributed by atoms with Crippen molar-refractivity contribution in [2.24, 2.45) is 0 Å². The first kappa shape index (κ1) is 26.9. The number of anilines is 1. The normalized spacial score (nSPS) is 15.5. The maximum atomic E-state index is 12.8. The molecular formula is C28H35N3O5. The molecule has 0 saturated heterocycles. The Hall–Kier alpha value is -3.65. The van der Waals surface area contributed by atoms with Gasteiger partial charge in [-0.3, -0.25) is 4.79 Å². The standard InChI is InChI=1S/C28H35N3O5/c1-5-6-7-8-20-9-11-22(12-10-20)26(32)29-23-15-13-21(14-16-23)25-24(27(33)36-18-17-35-4)19(2)31(3)28(34)30-25/h9-16,25H,5-8,17-18H2,1-4H3,(H,29,32)(H,30,34). The first-order chi connectivity index (χ1) is 17.3. The SMILES string of the molecule is CCCCCc1ccc(C(=O)Nc2ccc(C3NC(=O)N(C)C(C)=C3C(=O)OCCOC)cc2)cc1. The number of rotatable bonds is 11. The molecule has 0 saturated carbocycles. The summed E-state index contributed by atoms with van der Waals surface area (Å²) < 4.78 is 10.3. The number of nitrogens with one attached hydrogen (secondary N) is 2. The average molecular weight is 494 g/mol. The van der Waals surface area contributed by atoms with E-state index in [1.807, 2.05) is 24.3 Å². The number of ether oxygens (including phenoxy) is 2. The fourth-order valence-corrected chi connectivity index (χ4v) is 4.01. The molecule has 0 aliphatic carbocycles. The van der Waals surface area contributed by atoms with Crippen molar-refractivity contribution in [2.45, 2.75) is 45.6 Å². The molecular weight excluding hydrogens is 458 g/mol. The number of hydrogen-bond donors (Lipinski definition) is 2. The number of nitrogens with zero attached hydrogens (tertiary/aromatic N) is 1. The van der Waals surface area contributed by atoms with E-state index in [1.54, 1.807) is 38.2 Å². The topological polar surface area (TPSA) is 97.0 Å². The lowest BCUT2D eigenvalue weighted by molar-refractivity contribution is -0.140. The first-order valence-corrected chi connectivity index (χ1v) is 12.3. The van der Waals surface area contributed by atoms with Crippen LogP contribution in [-0.2, 0) is 20.7 Å². The third-order valence-corrected chi connectivity index (χ3v) is 6.28. The van der Waals surface area contributed by atoms with Crippen LogP contribution in [0.1, 0.15) is 60.6 Å². The zero-order valence-electron chi connectivity index (χ0n) is 21.4. The molecule has 1 unspecified atom stereocenters. The maximum Gasteiger partial charge on any atom is 0.338 e. The Labute approximate surface area is 212 Å². The molecule has 3 amide bonds. The van der Waals surface area contributed by atoms with Gasteiger partial charge in [-0.15, -0.1) is 0 Å². The molecule has 8 heteroatoms. The summed E-state index contributed by atoms with van der Waals surface area (Å²) >= 11 is 0. The van der Waals surface area contributed by atoms with Crippen LogP contribution in [-0.4, -0.2) is 50.2 Å². The quantitative estimate of drug-likeness (QED) is 0.345. The highest BCUT2D eigenvalue weighted by Gasteiger charge is 2.35. The Balaban J connectivity index is 1.71. The van der Waals surface area contributed by atoms with Gasteiger partial charge in [0, 0.05) is 31.1 Å². The van der Waals surface area contributed by atoms with Crippen LogP contribution in [0.3, 0.4) is 0 Å². The second-order valence-corrected chi connectivity index (χ2v) is 8.80. The van der Waals surface area contributed by atoms with Crippen molar-refractivity contribution in [2.75, 3.05) is 32.7 Å². The molecule has 36 heavy (non-hydrogen) atoms. The molecule has 8 nitrogen and oxygen atoms in total. The number of methoxy groups -OCH3 is 1. The summed E-state index contributed by atoms with van der Waals surface area (Å²) in [5.74, 6) is -0.717. The lowest BCUT2D eigenvalue weighted by Gasteiger charge is -2.33. The van der Waals surface area contributed by atoms with E-state index in [0.29, 0.717) is 28.1 Å². The highest BCUT2D eigenvalue weighted by molar-refractivity contribution is 6.04. The molecule has 0 radical (unpaired) electrons. The molecule has 2 N–H and O–H groups in total. The van der Waals surface area contributed by atoms with Crippen LogP contribution >= 0.6 is 0 Å². The van der Waals surface area contributed by atoms with Crippen molar-refractivity contribution in [3.05, 3.63) is 76.5 Å².